The molecule has 0 spiro atoms. The molecule has 1 aromatic carbocycles. The highest BCUT2D eigenvalue weighted by Gasteiger charge is 2.32. The van der Waals surface area contributed by atoms with Gasteiger partial charge in [-0.2, -0.15) is 0 Å². The van der Waals surface area contributed by atoms with E-state index in [1.54, 1.807) is 35.9 Å². The summed E-state index contributed by atoms with van der Waals surface area (Å²) in [5.74, 6) is 0.654. The summed E-state index contributed by atoms with van der Waals surface area (Å²) in [6.45, 7) is 4.82. The van der Waals surface area contributed by atoms with E-state index in [1.165, 1.54) is 23.3 Å². The molecule has 0 unspecified atom stereocenters. The summed E-state index contributed by atoms with van der Waals surface area (Å²) in [6, 6.07) is 6.37. The highest BCUT2D eigenvalue weighted by Crippen LogP contribution is 2.33. The van der Waals surface area contributed by atoms with Crippen molar-refractivity contribution in [1.82, 2.24) is 24.7 Å². The lowest BCUT2D eigenvalue weighted by molar-refractivity contribution is 0.206. The maximum atomic E-state index is 13.0. The molecule has 2 aromatic rings. The van der Waals surface area contributed by atoms with Gasteiger partial charge in [0.25, 0.3) is 0 Å². The zero-order chi connectivity index (χ0) is 18.1. The Hall–Kier alpha value is -2.39. The van der Waals surface area contributed by atoms with Gasteiger partial charge in [-0.05, 0) is 47.4 Å². The summed E-state index contributed by atoms with van der Waals surface area (Å²) >= 11 is 1.61. The van der Waals surface area contributed by atoms with Crippen LogP contribution in [0.25, 0.3) is 0 Å². The lowest BCUT2D eigenvalue weighted by Crippen LogP contribution is -2.40. The van der Waals surface area contributed by atoms with Crippen LogP contribution in [-0.2, 0) is 6.54 Å². The minimum Gasteiger partial charge on any atom is -0.424 e. The Morgan fingerprint density at radius 3 is 2.50 bits per heavy atom. The average Bonchev–Trinajstić information content (AvgIpc) is 3.29. The first-order chi connectivity index (χ1) is 12.6. The predicted molar refractivity (Wildman–Crippen MR) is 93.7 cm³/mol. The molecule has 4 rings (SSSR count). The van der Waals surface area contributed by atoms with E-state index in [9.17, 15) is 9.18 Å². The third-order valence-electron chi connectivity index (χ3n) is 4.29. The van der Waals surface area contributed by atoms with Gasteiger partial charge in [0.1, 0.15) is 5.82 Å². The number of aryl methyl sites for hydroxylation is 1. The Labute approximate surface area is 154 Å². The topological polar surface area (TPSA) is 74.5 Å². The molecule has 0 aliphatic carbocycles. The van der Waals surface area contributed by atoms with Crippen LogP contribution < -0.4 is 5.32 Å². The van der Waals surface area contributed by atoms with Crippen molar-refractivity contribution < 1.29 is 13.6 Å². The summed E-state index contributed by atoms with van der Waals surface area (Å²) < 4.78 is 20.5. The quantitative estimate of drug-likeness (QED) is 0.653. The number of halogens is 1. The smallest absolute Gasteiger partial charge is 0.318 e. The second-order valence-electron chi connectivity index (χ2n) is 6.28. The van der Waals surface area contributed by atoms with Gasteiger partial charge in [0, 0.05) is 38.0 Å². The van der Waals surface area contributed by atoms with Gasteiger partial charge >= 0.3 is 6.03 Å². The van der Waals surface area contributed by atoms with Crippen molar-refractivity contribution in [3.63, 3.8) is 0 Å². The number of hydrogen-bond acceptors (Lipinski definition) is 6. The third-order valence-corrected chi connectivity index (χ3v) is 5.29. The molecule has 0 saturated heterocycles. The molecular formula is C17H18FN5O2S. The molecule has 2 aliphatic rings. The van der Waals surface area contributed by atoms with E-state index in [1.807, 2.05) is 0 Å². The van der Waals surface area contributed by atoms with Crippen molar-refractivity contribution in [2.45, 2.75) is 18.4 Å². The van der Waals surface area contributed by atoms with Gasteiger partial charge in [-0.15, -0.1) is 10.2 Å². The predicted octanol–water partition coefficient (Wildman–Crippen LogP) is 2.36. The number of carbonyl (C=O) groups excluding carboxylic acids is 1. The van der Waals surface area contributed by atoms with Gasteiger partial charge in [0.15, 0.2) is 0 Å². The fourth-order valence-electron chi connectivity index (χ4n) is 3.07. The molecule has 26 heavy (non-hydrogen) atoms. The van der Waals surface area contributed by atoms with Crippen molar-refractivity contribution in [3.8, 4) is 0 Å². The van der Waals surface area contributed by atoms with Crippen LogP contribution >= 0.6 is 11.9 Å². The number of nitrogens with zero attached hydrogens (tertiary/aromatic N) is 4. The van der Waals surface area contributed by atoms with Crippen LogP contribution in [0.3, 0.4) is 0 Å². The van der Waals surface area contributed by atoms with Crippen molar-refractivity contribution >= 4 is 18.0 Å². The van der Waals surface area contributed by atoms with Crippen LogP contribution in [0.5, 0.6) is 0 Å². The normalized spacial score (nSPS) is 17.1. The monoisotopic (exact) mass is 375 g/mol. The lowest BCUT2D eigenvalue weighted by Gasteiger charge is -2.22. The maximum Gasteiger partial charge on any atom is 0.318 e. The van der Waals surface area contributed by atoms with Crippen LogP contribution in [0.1, 0.15) is 11.8 Å². The molecule has 0 fully saturated rings. The first kappa shape index (κ1) is 17.0. The summed E-state index contributed by atoms with van der Waals surface area (Å²) in [4.78, 5) is 15.1. The van der Waals surface area contributed by atoms with Crippen molar-refractivity contribution in [2.75, 3.05) is 26.2 Å². The number of carbonyl (C=O) groups is 1. The fraction of sp³-hybridized carbons (Fsp3) is 0.353. The average molecular weight is 375 g/mol. The first-order valence-electron chi connectivity index (χ1n) is 8.27. The van der Waals surface area contributed by atoms with Gasteiger partial charge in [0.05, 0.1) is 6.54 Å². The number of amides is 2. The van der Waals surface area contributed by atoms with Crippen molar-refractivity contribution in [3.05, 3.63) is 53.0 Å². The maximum absolute atomic E-state index is 13.0. The van der Waals surface area contributed by atoms with E-state index in [-0.39, 0.29) is 18.4 Å². The minimum atomic E-state index is -0.228. The van der Waals surface area contributed by atoms with E-state index in [2.05, 4.69) is 19.8 Å². The Balaban J connectivity index is 1.25. The number of urea groups is 1. The number of nitrogens with one attached hydrogen (secondary N) is 1. The summed E-state index contributed by atoms with van der Waals surface area (Å²) in [5.41, 5.74) is 2.56. The number of aromatic nitrogens is 2. The molecule has 0 radical (unpaired) electrons. The van der Waals surface area contributed by atoms with Crippen LogP contribution in [0.15, 0.2) is 44.7 Å². The second-order valence-corrected chi connectivity index (χ2v) is 7.45. The van der Waals surface area contributed by atoms with Gasteiger partial charge in [-0.1, -0.05) is 0 Å². The Morgan fingerprint density at radius 2 is 1.88 bits per heavy atom. The van der Waals surface area contributed by atoms with E-state index in [0.717, 1.165) is 18.0 Å². The summed E-state index contributed by atoms with van der Waals surface area (Å²) in [6.07, 6.45) is 0. The molecule has 0 atom stereocenters. The number of rotatable bonds is 4. The van der Waals surface area contributed by atoms with E-state index in [4.69, 9.17) is 4.42 Å². The van der Waals surface area contributed by atoms with E-state index in [0.29, 0.717) is 24.9 Å². The number of benzene rings is 1. The molecule has 2 aliphatic heterocycles. The van der Waals surface area contributed by atoms with Gasteiger partial charge < -0.3 is 14.6 Å². The molecular weight excluding hydrogens is 357 g/mol. The molecule has 7 nitrogen and oxygen atoms in total. The molecule has 1 aromatic heterocycles. The molecule has 136 valence electrons. The van der Waals surface area contributed by atoms with E-state index >= 15 is 0 Å². The molecule has 2 amide bonds. The largest absolute Gasteiger partial charge is 0.424 e. The zero-order valence-electron chi connectivity index (χ0n) is 14.2. The molecule has 9 heteroatoms. The molecule has 3 heterocycles. The standard InChI is InChI=1S/C17H18FN5O2S/c1-11-20-21-16(25-11)6-19-17(24)22-7-12-9-23(10-13(12)8-22)26-15-4-2-14(18)3-5-15/h2-5H,6-10H2,1H3,(H,19,24). The lowest BCUT2D eigenvalue weighted by atomic mass is 10.2. The Morgan fingerprint density at radius 1 is 1.19 bits per heavy atom. The third kappa shape index (κ3) is 3.73. The molecule has 0 bridgehead atoms. The Kier molecular flexibility index (Phi) is 4.64. The summed E-state index contributed by atoms with van der Waals surface area (Å²) in [7, 11) is 0. The SMILES string of the molecule is Cc1nnc(CNC(=O)N2CC3=C(CN(Sc4ccc(F)cc4)C3)C2)o1. The van der Waals surface area contributed by atoms with E-state index < -0.39 is 0 Å². The highest BCUT2D eigenvalue weighted by molar-refractivity contribution is 7.97. The zero-order valence-corrected chi connectivity index (χ0v) is 15.1. The Bertz CT molecular complexity index is 833. The van der Waals surface area contributed by atoms with Crippen molar-refractivity contribution in [2.24, 2.45) is 0 Å². The van der Waals surface area contributed by atoms with Crippen LogP contribution in [0.2, 0.25) is 0 Å². The number of hydrogen-bond donors (Lipinski definition) is 1. The minimum absolute atomic E-state index is 0.131. The highest BCUT2D eigenvalue weighted by atomic mass is 32.2. The van der Waals surface area contributed by atoms with Crippen LogP contribution in [-0.4, -0.2) is 51.6 Å². The second kappa shape index (κ2) is 7.08. The van der Waals surface area contributed by atoms with Gasteiger partial charge in [-0.3, -0.25) is 0 Å². The van der Waals surface area contributed by atoms with Gasteiger partial charge in [0.2, 0.25) is 11.8 Å². The first-order valence-corrected chi connectivity index (χ1v) is 9.04. The fourth-order valence-corrected chi connectivity index (χ4v) is 4.07. The van der Waals surface area contributed by atoms with Gasteiger partial charge in [-0.25, -0.2) is 13.5 Å². The molecule has 1 N–H and O–H groups in total. The summed E-state index contributed by atoms with van der Waals surface area (Å²) in [5, 5.41) is 10.4. The van der Waals surface area contributed by atoms with Crippen LogP contribution in [0.4, 0.5) is 9.18 Å². The van der Waals surface area contributed by atoms with Crippen LogP contribution in [0, 0.1) is 12.7 Å². The van der Waals surface area contributed by atoms with Crippen molar-refractivity contribution in [1.29, 1.82) is 0 Å². The molecule has 0 saturated carbocycles.